The van der Waals surface area contributed by atoms with Crippen LogP contribution in [0.5, 0.6) is 0 Å². The first-order valence-corrected chi connectivity index (χ1v) is 27.9. The lowest BCUT2D eigenvalue weighted by molar-refractivity contribution is -0.149. The average molecular weight is 995 g/mol. The molecular weight excluding hydrogens is 889 g/mol. The van der Waals surface area contributed by atoms with Gasteiger partial charge in [0.05, 0.1) is 66.1 Å². The maximum absolute atomic E-state index is 12.0. The summed E-state index contributed by atoms with van der Waals surface area (Å²) in [6, 6.07) is 0. The van der Waals surface area contributed by atoms with Gasteiger partial charge in [-0.15, -0.1) is 0 Å². The van der Waals surface area contributed by atoms with Gasteiger partial charge in [0.25, 0.3) is 0 Å². The van der Waals surface area contributed by atoms with E-state index < -0.39 is 36.6 Å². The van der Waals surface area contributed by atoms with E-state index in [1.807, 2.05) is 0 Å². The third-order valence-electron chi connectivity index (χ3n) is 11.9. The highest BCUT2D eigenvalue weighted by Crippen LogP contribution is 2.16. The highest BCUT2D eigenvalue weighted by atomic mass is 16.6. The molecule has 0 unspecified atom stereocenters. The molecule has 0 heterocycles. The summed E-state index contributed by atoms with van der Waals surface area (Å²) in [5, 5.41) is 60.5. The van der Waals surface area contributed by atoms with E-state index in [2.05, 4.69) is 13.8 Å². The molecule has 0 spiro atoms. The second-order valence-electron chi connectivity index (χ2n) is 19.4. The summed E-state index contributed by atoms with van der Waals surface area (Å²) < 4.78 is 36.9. The zero-order chi connectivity index (χ0) is 50.7. The Hall–Kier alpha value is -1.50. The van der Waals surface area contributed by atoms with Crippen LogP contribution >= 0.6 is 0 Å². The third kappa shape index (κ3) is 52.6. The van der Waals surface area contributed by atoms with Gasteiger partial charge in [-0.2, -0.15) is 0 Å². The van der Waals surface area contributed by atoms with Gasteiger partial charge in [-0.05, 0) is 12.8 Å². The Labute approximate surface area is 419 Å². The summed E-state index contributed by atoms with van der Waals surface area (Å²) in [5.74, 6) is -0.682. The molecule has 15 nitrogen and oxygen atoms in total. The molecule has 0 saturated carbocycles. The van der Waals surface area contributed by atoms with Gasteiger partial charge in [0.15, 0.2) is 0 Å². The normalized spacial score (nSPS) is 14.4. The van der Waals surface area contributed by atoms with E-state index in [9.17, 15) is 40.2 Å². The molecule has 0 aliphatic rings. The first-order valence-electron chi connectivity index (χ1n) is 27.9. The minimum Gasteiger partial charge on any atom is -0.463 e. The van der Waals surface area contributed by atoms with Crippen molar-refractivity contribution in [1.29, 1.82) is 0 Å². The van der Waals surface area contributed by atoms with Crippen molar-refractivity contribution >= 4 is 11.9 Å². The Balaban J connectivity index is 3.63. The fourth-order valence-corrected chi connectivity index (χ4v) is 7.79. The molecular formula is C54H106O15. The van der Waals surface area contributed by atoms with Gasteiger partial charge in [0.2, 0.25) is 0 Å². The van der Waals surface area contributed by atoms with Crippen LogP contribution in [0, 0.1) is 0 Å². The Morgan fingerprint density at radius 1 is 0.261 bits per heavy atom. The topological polar surface area (TPSA) is 220 Å². The maximum atomic E-state index is 12.0. The molecule has 0 saturated heterocycles. The molecule has 0 aromatic rings. The molecule has 6 atom stereocenters. The van der Waals surface area contributed by atoms with E-state index in [1.165, 1.54) is 154 Å². The monoisotopic (exact) mass is 995 g/mol. The van der Waals surface area contributed by atoms with Crippen molar-refractivity contribution in [3.8, 4) is 0 Å². The number of hydrogen-bond acceptors (Lipinski definition) is 15. The average Bonchev–Trinajstić information content (AvgIpc) is 3.32. The van der Waals surface area contributed by atoms with Crippen molar-refractivity contribution in [2.75, 3.05) is 79.3 Å². The van der Waals surface area contributed by atoms with Gasteiger partial charge in [-0.25, -0.2) is 0 Å². The fourth-order valence-electron chi connectivity index (χ4n) is 7.79. The van der Waals surface area contributed by atoms with Gasteiger partial charge in [-0.1, -0.05) is 194 Å². The van der Waals surface area contributed by atoms with Crippen molar-refractivity contribution in [2.24, 2.45) is 0 Å². The van der Waals surface area contributed by atoms with Gasteiger partial charge < -0.3 is 63.8 Å². The van der Waals surface area contributed by atoms with Crippen LogP contribution < -0.4 is 0 Å². The number of hydrogen-bond donors (Lipinski definition) is 6. The molecule has 0 rings (SSSR count). The maximum Gasteiger partial charge on any atom is 0.305 e. The number of carbonyl (C=O) groups is 2. The highest BCUT2D eigenvalue weighted by Gasteiger charge is 2.15. The van der Waals surface area contributed by atoms with Crippen molar-refractivity contribution in [1.82, 2.24) is 0 Å². The lowest BCUT2D eigenvalue weighted by Gasteiger charge is -2.18. The predicted octanol–water partition coefficient (Wildman–Crippen LogP) is 8.84. The Kier molecular flexibility index (Phi) is 51.7. The number of rotatable bonds is 56. The number of ether oxygens (including phenoxy) is 7. The quantitative estimate of drug-likeness (QED) is 0.0248. The predicted molar refractivity (Wildman–Crippen MR) is 271 cm³/mol. The molecule has 0 fully saturated rings. The standard InChI is InChI=1S/C54H106O15/c1-3-5-7-9-11-13-15-17-19-21-23-25-27-29-31-33-53(61)68-45-51(59)43-66-41-49(57)39-64-37-47(55)35-63-36-48(56)38-65-40-50(58)42-67-44-52(60)46-69-54(62)34-32-30-28-26-24-22-20-18-16-14-12-10-8-6-4-2/h47-52,55-60H,3-46H2,1-2H3/t47-,48+,49-,50-,51-,52+/m1/s1. The van der Waals surface area contributed by atoms with Crippen LogP contribution in [-0.4, -0.2) is 158 Å². The van der Waals surface area contributed by atoms with Crippen molar-refractivity contribution in [3.63, 3.8) is 0 Å². The summed E-state index contributed by atoms with van der Waals surface area (Å²) in [5.41, 5.74) is 0. The van der Waals surface area contributed by atoms with Gasteiger partial charge >= 0.3 is 11.9 Å². The number of aliphatic hydroxyl groups excluding tert-OH is 6. The molecule has 0 aliphatic carbocycles. The van der Waals surface area contributed by atoms with Crippen molar-refractivity contribution in [2.45, 2.75) is 256 Å². The van der Waals surface area contributed by atoms with Crippen LogP contribution in [0.4, 0.5) is 0 Å². The lowest BCUT2D eigenvalue weighted by Crippen LogP contribution is -2.31. The van der Waals surface area contributed by atoms with E-state index >= 15 is 0 Å². The van der Waals surface area contributed by atoms with Crippen LogP contribution in [-0.2, 0) is 42.7 Å². The number of carbonyl (C=O) groups excluding carboxylic acids is 2. The summed E-state index contributed by atoms with van der Waals surface area (Å²) in [6.07, 6.45) is 32.2. The molecule has 15 heteroatoms. The molecule has 0 aromatic heterocycles. The van der Waals surface area contributed by atoms with Crippen molar-refractivity contribution < 1.29 is 73.4 Å². The van der Waals surface area contributed by atoms with E-state index in [0.717, 1.165) is 38.5 Å². The lowest BCUT2D eigenvalue weighted by atomic mass is 10.0. The summed E-state index contributed by atoms with van der Waals surface area (Å²) in [6.45, 7) is 2.86. The van der Waals surface area contributed by atoms with E-state index in [0.29, 0.717) is 12.8 Å². The molecule has 0 radical (unpaired) electrons. The minimum absolute atomic E-state index is 0.123. The smallest absolute Gasteiger partial charge is 0.305 e. The molecule has 0 aliphatic heterocycles. The minimum atomic E-state index is -1.02. The van der Waals surface area contributed by atoms with Crippen molar-refractivity contribution in [3.05, 3.63) is 0 Å². The van der Waals surface area contributed by atoms with Gasteiger partial charge in [0.1, 0.15) is 49.8 Å². The SMILES string of the molecule is CCCCCCCCCCCCCCCCCC(=O)OC[C@H](O)COC[C@H](O)COC[C@H](O)COC[C@H](O)COC[C@@H](O)COC[C@H](O)COC(=O)CCCCCCCCCCCCCCCCC. The number of unbranched alkanes of at least 4 members (excludes halogenated alkanes) is 28. The Morgan fingerprint density at radius 3 is 0.609 bits per heavy atom. The first kappa shape index (κ1) is 67.5. The fraction of sp³-hybridized carbons (Fsp3) is 0.963. The zero-order valence-electron chi connectivity index (χ0n) is 43.9. The Morgan fingerprint density at radius 2 is 0.420 bits per heavy atom. The van der Waals surface area contributed by atoms with E-state index in [4.69, 9.17) is 33.2 Å². The van der Waals surface area contributed by atoms with Gasteiger partial charge in [0, 0.05) is 12.8 Å². The summed E-state index contributed by atoms with van der Waals surface area (Å²) in [7, 11) is 0. The van der Waals surface area contributed by atoms with Crippen LogP contribution in [0.15, 0.2) is 0 Å². The largest absolute Gasteiger partial charge is 0.463 e. The van der Waals surface area contributed by atoms with Crippen LogP contribution in [0.1, 0.15) is 219 Å². The molecule has 6 N–H and O–H groups in total. The number of esters is 2. The first-order chi connectivity index (χ1) is 33.6. The van der Waals surface area contributed by atoms with E-state index in [-0.39, 0.29) is 91.2 Å². The molecule has 0 bridgehead atoms. The van der Waals surface area contributed by atoms with Crippen LogP contribution in [0.2, 0.25) is 0 Å². The molecule has 412 valence electrons. The summed E-state index contributed by atoms with van der Waals surface area (Å²) >= 11 is 0. The third-order valence-corrected chi connectivity index (χ3v) is 11.9. The number of aliphatic hydroxyl groups is 6. The molecule has 69 heavy (non-hydrogen) atoms. The second kappa shape index (κ2) is 52.8. The molecule has 0 amide bonds. The van der Waals surface area contributed by atoms with Crippen LogP contribution in [0.25, 0.3) is 0 Å². The van der Waals surface area contributed by atoms with Crippen LogP contribution in [0.3, 0.4) is 0 Å². The second-order valence-corrected chi connectivity index (χ2v) is 19.4. The molecule has 0 aromatic carbocycles. The van der Waals surface area contributed by atoms with Gasteiger partial charge in [-0.3, -0.25) is 9.59 Å². The Bertz CT molecular complexity index is 991. The van der Waals surface area contributed by atoms with E-state index in [1.54, 1.807) is 0 Å². The highest BCUT2D eigenvalue weighted by molar-refractivity contribution is 5.69. The zero-order valence-corrected chi connectivity index (χ0v) is 43.9. The summed E-state index contributed by atoms with van der Waals surface area (Å²) in [4.78, 5) is 24.1.